The van der Waals surface area contributed by atoms with Gasteiger partial charge in [-0.1, -0.05) is 238 Å². The molecule has 0 bridgehead atoms. The molecule has 0 N–H and O–H groups in total. The molecule has 9 aromatic carbocycles. The van der Waals surface area contributed by atoms with Crippen molar-refractivity contribution in [1.82, 2.24) is 14.1 Å². The SMILES string of the molecule is [2H]c1c([2H])c([2H])c([Si](c2cc(C(C)(C)C)cc(-c3c([2H])c([2H])c4c(c3[2H])C(C([2H])([2H])[2H])(C([2H])([2H])[2H])CC4(C([2H])([2H])[2H])C([2H])([2H])[2H])c2-[n+]2[c-]n(-c3cccc(Oc4ccc5c6ccccc6n(-c6cc(C(C)(C)C)ccn6)c5c4)c3)c3ccccc32)(c2c([2H])c([2H])c([2H])c([2H])c2[2H])c2c([2H])c([2H])c([2H])c([2H])c2[2H])c([2H])c1[2H]. The number of aromatic nitrogens is 4. The van der Waals surface area contributed by atoms with Crippen LogP contribution in [-0.4, -0.2) is 22.2 Å². The van der Waals surface area contributed by atoms with Crippen LogP contribution in [0.25, 0.3) is 61.2 Å². The number of fused-ring (bicyclic) bond motifs is 5. The molecule has 1 aliphatic rings. The minimum Gasteiger partial charge on any atom is -0.458 e. The first kappa shape index (κ1) is 28.2. The molecule has 0 saturated carbocycles. The number of rotatable bonds is 10. The summed E-state index contributed by atoms with van der Waals surface area (Å²) in [4.78, 5) is 4.82. The predicted octanol–water partition coefficient (Wildman–Crippen LogP) is 15.6. The van der Waals surface area contributed by atoms with E-state index in [0.29, 0.717) is 11.6 Å². The Kier molecular flexibility index (Phi) is 6.73. The molecule has 0 fully saturated rings. The predicted molar refractivity (Wildman–Crippen MR) is 339 cm³/mol. The fourth-order valence-electron chi connectivity index (χ4n) is 11.1. The first-order valence-corrected chi connectivity index (χ1v) is 28.2. The Morgan fingerprint density at radius 1 is 0.580 bits per heavy atom. The molecule has 0 saturated heterocycles. The third kappa shape index (κ3) is 8.83. The van der Waals surface area contributed by atoms with E-state index >= 15 is 0 Å². The Morgan fingerprint density at radius 3 is 1.86 bits per heavy atom. The highest BCUT2D eigenvalue weighted by molar-refractivity contribution is 7.20. The first-order chi connectivity index (χ1) is 51.4. The number of para-hydroxylation sites is 3. The maximum absolute atomic E-state index is 10.7. The van der Waals surface area contributed by atoms with Crippen molar-refractivity contribution in [2.45, 2.75) is 97.0 Å². The molecule has 5 nitrogen and oxygen atoms in total. The van der Waals surface area contributed by atoms with E-state index in [0.717, 1.165) is 27.4 Å². The number of benzene rings is 9. The molecule has 0 unspecified atom stereocenters. The van der Waals surface area contributed by atoms with Gasteiger partial charge in [0.25, 0.3) is 6.33 Å². The number of nitrogens with zero attached hydrogens (tertiary/aromatic N) is 4. The van der Waals surface area contributed by atoms with Crippen LogP contribution in [0.1, 0.15) is 139 Å². The molecule has 6 heteroatoms. The number of pyridine rings is 1. The standard InChI is InChI=1S/C75H70N4OSi/c1-72(2,3)52-41-42-76-70(46-52)79-65-34-21-20-33-60(65)61-39-38-56(48-68(61)79)80-55-26-24-25-54(47-55)77-50-78(67-36-23-22-35-66(67)77)71-62(51-37-40-63-64(43-51)75(9,10)49-74(63,7)8)44-53(73(4,5)6)45-69(71)81(57-27-14-11-15-28-57,58-29-16-12-17-30-58)59-31-18-13-19-32-59/h11-48H,49H2,1-10H3/i7D3,8D3,9D3,10D3,11D,12D,13D,14D,15D,16D,17D,18D,19D,27D,28D,29D,30D,31D,32D,37D,40D,43D. The number of hydrogen-bond acceptors (Lipinski definition) is 2. The first-order valence-electron chi connectivity index (χ1n) is 41.2. The highest BCUT2D eigenvalue weighted by atomic mass is 28.3. The Balaban J connectivity index is 1.25. The van der Waals surface area contributed by atoms with E-state index in [1.165, 1.54) is 33.4 Å². The van der Waals surface area contributed by atoms with Crippen LogP contribution in [0.3, 0.4) is 0 Å². The van der Waals surface area contributed by atoms with Gasteiger partial charge in [-0.15, -0.1) is 0 Å². The second-order valence-corrected chi connectivity index (χ2v) is 26.0. The topological polar surface area (TPSA) is 35.9 Å². The lowest BCUT2D eigenvalue weighted by atomic mass is 9.81. The molecule has 0 atom stereocenters. The quantitative estimate of drug-likeness (QED) is 0.0592. The Labute approximate surface area is 521 Å². The molecule has 81 heavy (non-hydrogen) atoms. The summed E-state index contributed by atoms with van der Waals surface area (Å²) in [5.41, 5.74) is -10.9. The van der Waals surface area contributed by atoms with Gasteiger partial charge >= 0.3 is 0 Å². The molecule has 0 aliphatic heterocycles. The number of imidazole rings is 1. The molecule has 12 aromatic rings. The van der Waals surface area contributed by atoms with Crippen LogP contribution in [-0.2, 0) is 21.7 Å². The molecule has 400 valence electrons. The summed E-state index contributed by atoms with van der Waals surface area (Å²) in [6.45, 7) is -4.85. The average Bonchev–Trinajstić information content (AvgIpc) is 1.41. The zero-order valence-electron chi connectivity index (χ0n) is 75.0. The van der Waals surface area contributed by atoms with Crippen molar-refractivity contribution in [3.8, 4) is 39.8 Å². The maximum atomic E-state index is 10.7. The molecular weight excluding hydrogens is 1000 g/mol. The van der Waals surface area contributed by atoms with Crippen LogP contribution in [0.5, 0.6) is 11.5 Å². The lowest BCUT2D eigenvalue weighted by molar-refractivity contribution is -0.570. The van der Waals surface area contributed by atoms with Crippen LogP contribution in [0.15, 0.2) is 230 Å². The van der Waals surface area contributed by atoms with Crippen molar-refractivity contribution in [1.29, 1.82) is 0 Å². The summed E-state index contributed by atoms with van der Waals surface area (Å²) in [5.74, 6) is 1.20. The maximum Gasteiger partial charge on any atom is 0.269 e. The van der Waals surface area contributed by atoms with E-state index in [1.54, 1.807) is 69.4 Å². The third-order valence-electron chi connectivity index (χ3n) is 15.1. The van der Waals surface area contributed by atoms with Crippen molar-refractivity contribution in [3.05, 3.63) is 259 Å². The number of hydrogen-bond donors (Lipinski definition) is 0. The monoisotopic (exact) mass is 1100 g/mol. The Hall–Kier alpha value is -8.58. The summed E-state index contributed by atoms with van der Waals surface area (Å²) in [6.07, 6.45) is 3.27. The van der Waals surface area contributed by atoms with Gasteiger partial charge in [0.1, 0.15) is 17.3 Å². The smallest absolute Gasteiger partial charge is 0.269 e. The zero-order chi connectivity index (χ0) is 81.7. The highest BCUT2D eigenvalue weighted by Gasteiger charge is 2.46. The average molecular weight is 1100 g/mol. The summed E-state index contributed by atoms with van der Waals surface area (Å²) >= 11 is 0. The van der Waals surface area contributed by atoms with Crippen molar-refractivity contribution < 1.29 is 50.4 Å². The van der Waals surface area contributed by atoms with Gasteiger partial charge in [0.15, 0.2) is 8.07 Å². The van der Waals surface area contributed by atoms with E-state index in [4.69, 9.17) is 22.1 Å². The molecule has 13 rings (SSSR count). The third-order valence-corrected chi connectivity index (χ3v) is 19.2. The van der Waals surface area contributed by atoms with Crippen LogP contribution >= 0.6 is 0 Å². The summed E-state index contributed by atoms with van der Waals surface area (Å²) in [6, 6.07) is 11.5. The van der Waals surface area contributed by atoms with Gasteiger partial charge in [-0.25, -0.2) is 4.98 Å². The zero-order valence-corrected chi connectivity index (χ0v) is 46.0. The molecule has 0 radical (unpaired) electrons. The minimum atomic E-state index is -6.50. The lowest BCUT2D eigenvalue weighted by Gasteiger charge is -2.38. The molecular formula is C75H70N4OSi. The van der Waals surface area contributed by atoms with Gasteiger partial charge in [-0.2, -0.15) is 0 Å². The van der Waals surface area contributed by atoms with Crippen LogP contribution < -0.4 is 30.1 Å². The van der Waals surface area contributed by atoms with E-state index in [2.05, 4.69) is 27.1 Å². The normalized spacial score (nSPS) is 20.1. The largest absolute Gasteiger partial charge is 0.458 e. The van der Waals surface area contributed by atoms with Gasteiger partial charge < -0.3 is 4.74 Å². The molecule has 1 aliphatic carbocycles. The Morgan fingerprint density at radius 2 is 1.20 bits per heavy atom. The summed E-state index contributed by atoms with van der Waals surface area (Å²) in [5, 5.41) is -1.83. The molecule has 3 aromatic heterocycles. The number of ether oxygens (including phenoxy) is 1. The lowest BCUT2D eigenvalue weighted by Crippen LogP contribution is -2.76. The van der Waals surface area contributed by atoms with Crippen molar-refractivity contribution in [3.63, 3.8) is 0 Å². The van der Waals surface area contributed by atoms with Gasteiger partial charge in [-0.3, -0.25) is 13.7 Å². The second kappa shape index (κ2) is 19.3. The molecule has 0 spiro atoms. The van der Waals surface area contributed by atoms with Crippen LogP contribution in [0, 0.1) is 6.33 Å². The highest BCUT2D eigenvalue weighted by Crippen LogP contribution is 2.50. The van der Waals surface area contributed by atoms with Crippen LogP contribution in [0.2, 0.25) is 0 Å². The van der Waals surface area contributed by atoms with Gasteiger partial charge in [-0.05, 0) is 131 Å². The van der Waals surface area contributed by atoms with Gasteiger partial charge in [0, 0.05) is 39.5 Å². The van der Waals surface area contributed by atoms with Gasteiger partial charge in [0.05, 0.1) is 58.1 Å². The molecule has 3 heterocycles. The summed E-state index contributed by atoms with van der Waals surface area (Å²) < 4.78 is 298. The van der Waals surface area contributed by atoms with Crippen molar-refractivity contribution in [2.24, 2.45) is 0 Å². The summed E-state index contributed by atoms with van der Waals surface area (Å²) in [7, 11) is -6.50. The van der Waals surface area contributed by atoms with E-state index in [1.807, 2.05) is 53.1 Å². The molecule has 0 amide bonds. The van der Waals surface area contributed by atoms with Gasteiger partial charge in [0.2, 0.25) is 0 Å². The van der Waals surface area contributed by atoms with E-state index < -0.39 is 216 Å². The van der Waals surface area contributed by atoms with E-state index in [-0.39, 0.29) is 33.4 Å². The van der Waals surface area contributed by atoms with Crippen LogP contribution in [0.4, 0.5) is 0 Å². The Bertz CT molecular complexity index is 5670. The van der Waals surface area contributed by atoms with Crippen molar-refractivity contribution in [2.75, 3.05) is 0 Å². The second-order valence-electron chi connectivity index (χ2n) is 22.5. The fraction of sp³-hybridized carbons (Fsp3) is 0.200. The fourth-order valence-corrected chi connectivity index (χ4v) is 15.2. The van der Waals surface area contributed by atoms with E-state index in [9.17, 15) is 28.8 Å². The van der Waals surface area contributed by atoms with Crippen molar-refractivity contribution >= 4 is 61.7 Å². The minimum absolute atomic E-state index is 0.0169.